The third-order valence-corrected chi connectivity index (χ3v) is 5.40. The van der Waals surface area contributed by atoms with Crippen molar-refractivity contribution in [1.29, 1.82) is 0 Å². The van der Waals surface area contributed by atoms with Gasteiger partial charge in [0.2, 0.25) is 5.91 Å². The number of amides is 1. The third-order valence-electron chi connectivity index (χ3n) is 5.40. The molecule has 1 aromatic carbocycles. The van der Waals surface area contributed by atoms with Crippen LogP contribution in [0.15, 0.2) is 24.3 Å². The first kappa shape index (κ1) is 29.7. The Balaban J connectivity index is 0.000000536. The van der Waals surface area contributed by atoms with Crippen molar-refractivity contribution < 1.29 is 19.4 Å². The zero-order valence-electron chi connectivity index (χ0n) is 19.7. The Morgan fingerprint density at radius 1 is 1.28 bits per heavy atom. The summed E-state index contributed by atoms with van der Waals surface area (Å²) >= 11 is 0. The first-order valence-corrected chi connectivity index (χ1v) is 10.8. The fourth-order valence-corrected chi connectivity index (χ4v) is 3.54. The molecule has 180 valence electrons. The number of carbonyl (C=O) groups excluding carboxylic acids is 2. The van der Waals surface area contributed by atoms with Gasteiger partial charge in [-0.3, -0.25) is 16.5 Å². The van der Waals surface area contributed by atoms with Crippen LogP contribution in [0, 0.1) is 17.3 Å². The van der Waals surface area contributed by atoms with Crippen molar-refractivity contribution in [3.8, 4) is 11.8 Å². The lowest BCUT2D eigenvalue weighted by Crippen LogP contribution is -2.36. The van der Waals surface area contributed by atoms with Crippen molar-refractivity contribution in [2.24, 2.45) is 17.1 Å². The van der Waals surface area contributed by atoms with Gasteiger partial charge in [-0.25, -0.2) is 0 Å². The highest BCUT2D eigenvalue weighted by molar-refractivity contribution is 5.77. The van der Waals surface area contributed by atoms with E-state index in [4.69, 9.17) is 9.53 Å². The van der Waals surface area contributed by atoms with Crippen LogP contribution in [0.2, 0.25) is 0 Å². The van der Waals surface area contributed by atoms with Gasteiger partial charge in [-0.2, -0.15) is 0 Å². The largest absolute Gasteiger partial charge is 0.391 e. The van der Waals surface area contributed by atoms with E-state index in [2.05, 4.69) is 47.9 Å². The maximum absolute atomic E-state index is 12.0. The highest BCUT2D eigenvalue weighted by Gasteiger charge is 2.33. The minimum absolute atomic E-state index is 0.100. The molecule has 32 heavy (non-hydrogen) atoms. The highest BCUT2D eigenvalue weighted by atomic mass is 16.5. The molecule has 2 heterocycles. The van der Waals surface area contributed by atoms with Crippen molar-refractivity contribution in [2.45, 2.75) is 52.2 Å². The molecule has 2 fully saturated rings. The SMILES string of the molecule is C=O.CC#Cc1ccc(CNC)cc1.CC1(CC(=O)N2CCC(O)C2)CCOCC1.NN. The van der Waals surface area contributed by atoms with Crippen molar-refractivity contribution in [2.75, 3.05) is 33.4 Å². The molecule has 1 aromatic rings. The second-order valence-electron chi connectivity index (χ2n) is 7.98. The van der Waals surface area contributed by atoms with Crippen molar-refractivity contribution in [3.63, 3.8) is 0 Å². The van der Waals surface area contributed by atoms with Gasteiger partial charge in [-0.05, 0) is 56.3 Å². The van der Waals surface area contributed by atoms with Crippen LogP contribution in [0.1, 0.15) is 50.7 Å². The van der Waals surface area contributed by atoms with Gasteiger partial charge in [-0.1, -0.05) is 25.0 Å². The zero-order chi connectivity index (χ0) is 24.4. The Morgan fingerprint density at radius 2 is 1.88 bits per heavy atom. The van der Waals surface area contributed by atoms with Gasteiger partial charge in [0.25, 0.3) is 0 Å². The zero-order valence-corrected chi connectivity index (χ0v) is 19.7. The highest BCUT2D eigenvalue weighted by Crippen LogP contribution is 2.34. The van der Waals surface area contributed by atoms with Crippen LogP contribution >= 0.6 is 0 Å². The molecule has 0 aliphatic carbocycles. The molecule has 3 rings (SSSR count). The summed E-state index contributed by atoms with van der Waals surface area (Å²) in [4.78, 5) is 21.8. The number of nitrogens with zero attached hydrogens (tertiary/aromatic N) is 1. The number of likely N-dealkylation sites (tertiary alicyclic amines) is 1. The van der Waals surface area contributed by atoms with Crippen LogP contribution in [0.4, 0.5) is 0 Å². The number of β-amino-alcohol motifs (C(OH)–C–C–N with tert-alkyl or cyclic N) is 1. The van der Waals surface area contributed by atoms with Gasteiger partial charge >= 0.3 is 0 Å². The molecule has 0 saturated carbocycles. The lowest BCUT2D eigenvalue weighted by Gasteiger charge is -2.34. The summed E-state index contributed by atoms with van der Waals surface area (Å²) < 4.78 is 5.32. The Kier molecular flexibility index (Phi) is 16.1. The van der Waals surface area contributed by atoms with E-state index >= 15 is 0 Å². The number of aliphatic hydroxyl groups excluding tert-OH is 1. The van der Waals surface area contributed by atoms with Crippen molar-refractivity contribution >= 4 is 12.7 Å². The molecule has 2 aliphatic heterocycles. The minimum atomic E-state index is -0.313. The van der Waals surface area contributed by atoms with E-state index in [1.165, 1.54) is 5.56 Å². The quantitative estimate of drug-likeness (QED) is 0.309. The number of hydrogen-bond acceptors (Lipinski definition) is 7. The van der Waals surface area contributed by atoms with Gasteiger partial charge in [0.1, 0.15) is 6.79 Å². The molecule has 2 saturated heterocycles. The van der Waals surface area contributed by atoms with Crippen molar-refractivity contribution in [1.82, 2.24) is 10.2 Å². The summed E-state index contributed by atoms with van der Waals surface area (Å²) in [5.41, 5.74) is 2.47. The number of carbonyl (C=O) groups is 2. The summed E-state index contributed by atoms with van der Waals surface area (Å²) in [6, 6.07) is 8.28. The minimum Gasteiger partial charge on any atom is -0.391 e. The molecule has 0 radical (unpaired) electrons. The Hall–Kier alpha value is -2.28. The predicted molar refractivity (Wildman–Crippen MR) is 127 cm³/mol. The molecule has 0 bridgehead atoms. The fourth-order valence-electron chi connectivity index (χ4n) is 3.54. The van der Waals surface area contributed by atoms with Crippen LogP contribution in [0.25, 0.3) is 0 Å². The molecule has 0 spiro atoms. The summed E-state index contributed by atoms with van der Waals surface area (Å²) in [5.74, 6) is 14.1. The fraction of sp³-hybridized carbons (Fsp3) is 0.583. The second kappa shape index (κ2) is 17.3. The van der Waals surface area contributed by atoms with Gasteiger partial charge in [0, 0.05) is 44.8 Å². The first-order chi connectivity index (χ1) is 15.5. The molecule has 1 amide bonds. The van der Waals surface area contributed by atoms with Gasteiger partial charge in [0.05, 0.1) is 6.10 Å². The standard InChI is InChI=1S/C12H21NO3.C11H13N.CH2O.H4N2/c1-12(3-6-16-7-4-12)8-11(15)13-5-2-10(14)9-13;1-3-4-10-5-7-11(8-6-10)9-12-2;2*1-2/h10,14H,2-9H2,1H3;5-8,12H,9H2,1-2H3;1H2;1-2H2. The molecule has 1 unspecified atom stereocenters. The lowest BCUT2D eigenvalue weighted by molar-refractivity contribution is -0.134. The van der Waals surface area contributed by atoms with Crippen LogP contribution in [-0.4, -0.2) is 62.2 Å². The summed E-state index contributed by atoms with van der Waals surface area (Å²) in [7, 11) is 1.94. The average Bonchev–Trinajstić information content (AvgIpc) is 3.25. The Bertz CT molecular complexity index is 694. The maximum Gasteiger partial charge on any atom is 0.223 e. The number of hydrazine groups is 1. The molecule has 6 N–H and O–H groups in total. The van der Waals surface area contributed by atoms with Gasteiger partial charge < -0.3 is 24.9 Å². The molecular weight excluding hydrogens is 408 g/mol. The third kappa shape index (κ3) is 11.4. The molecular formula is C24H40N4O4. The lowest BCUT2D eigenvalue weighted by atomic mass is 9.79. The maximum atomic E-state index is 12.0. The van der Waals surface area contributed by atoms with Crippen LogP contribution < -0.4 is 17.0 Å². The van der Waals surface area contributed by atoms with E-state index in [0.29, 0.717) is 19.5 Å². The Labute approximate surface area is 192 Å². The van der Waals surface area contributed by atoms with Gasteiger partial charge in [0.15, 0.2) is 0 Å². The number of rotatable bonds is 4. The van der Waals surface area contributed by atoms with E-state index in [0.717, 1.165) is 44.6 Å². The second-order valence-corrected chi connectivity index (χ2v) is 7.98. The predicted octanol–water partition coefficient (Wildman–Crippen LogP) is 1.20. The van der Waals surface area contributed by atoms with E-state index in [-0.39, 0.29) is 17.4 Å². The number of nitrogens with one attached hydrogen (secondary N) is 1. The van der Waals surface area contributed by atoms with Crippen LogP contribution in [0.3, 0.4) is 0 Å². The number of aliphatic hydroxyl groups is 1. The number of ether oxygens (including phenoxy) is 1. The molecule has 0 aromatic heterocycles. The molecule has 8 nitrogen and oxygen atoms in total. The number of benzene rings is 1. The van der Waals surface area contributed by atoms with E-state index in [1.54, 1.807) is 4.90 Å². The topological polar surface area (TPSA) is 131 Å². The molecule has 8 heteroatoms. The summed E-state index contributed by atoms with van der Waals surface area (Å²) in [5, 5.41) is 12.5. The van der Waals surface area contributed by atoms with Crippen LogP contribution in [0.5, 0.6) is 0 Å². The number of nitrogens with two attached hydrogens (primary N) is 2. The molecule has 1 atom stereocenters. The monoisotopic (exact) mass is 448 g/mol. The van der Waals surface area contributed by atoms with Crippen molar-refractivity contribution in [3.05, 3.63) is 35.4 Å². The number of hydrogen-bond donors (Lipinski definition) is 4. The van der Waals surface area contributed by atoms with E-state index in [1.807, 2.05) is 32.9 Å². The molecule has 2 aliphatic rings. The van der Waals surface area contributed by atoms with Gasteiger partial charge in [-0.15, -0.1) is 5.92 Å². The first-order valence-electron chi connectivity index (χ1n) is 10.8. The Morgan fingerprint density at radius 3 is 2.34 bits per heavy atom. The average molecular weight is 449 g/mol. The van der Waals surface area contributed by atoms with E-state index in [9.17, 15) is 9.90 Å². The normalized spacial score (nSPS) is 18.3. The summed E-state index contributed by atoms with van der Waals surface area (Å²) in [6.45, 7) is 9.71. The summed E-state index contributed by atoms with van der Waals surface area (Å²) in [6.07, 6.45) is 2.95. The smallest absolute Gasteiger partial charge is 0.223 e. The van der Waals surface area contributed by atoms with E-state index < -0.39 is 0 Å². The van der Waals surface area contributed by atoms with Crippen LogP contribution in [-0.2, 0) is 20.9 Å².